The van der Waals surface area contributed by atoms with Gasteiger partial charge in [-0.25, -0.2) is 0 Å². The number of amides is 2. The van der Waals surface area contributed by atoms with Gasteiger partial charge in [0.2, 0.25) is 5.91 Å². The predicted molar refractivity (Wildman–Crippen MR) is 133 cm³/mol. The van der Waals surface area contributed by atoms with Crippen LogP contribution < -0.4 is 10.2 Å². The lowest BCUT2D eigenvalue weighted by molar-refractivity contribution is -0.120. The summed E-state index contributed by atoms with van der Waals surface area (Å²) in [5.74, 6) is 0.356. The molecule has 2 fully saturated rings. The van der Waals surface area contributed by atoms with Crippen molar-refractivity contribution in [3.05, 3.63) is 100 Å². The Balaban J connectivity index is 1.28. The maximum atomic E-state index is 13.9. The number of para-hydroxylation sites is 1. The van der Waals surface area contributed by atoms with Gasteiger partial charge >= 0.3 is 0 Å². The zero-order valence-electron chi connectivity index (χ0n) is 18.8. The highest BCUT2D eigenvalue weighted by Crippen LogP contribution is 2.66. The highest BCUT2D eigenvalue weighted by molar-refractivity contribution is 6.30. The lowest BCUT2D eigenvalue weighted by atomic mass is 9.92. The molecule has 2 heterocycles. The van der Waals surface area contributed by atoms with Gasteiger partial charge < -0.3 is 15.1 Å². The molecule has 2 amide bonds. The van der Waals surface area contributed by atoms with E-state index >= 15 is 0 Å². The van der Waals surface area contributed by atoms with E-state index in [4.69, 9.17) is 11.6 Å². The fourth-order valence-corrected chi connectivity index (χ4v) is 5.76. The Morgan fingerprint density at radius 1 is 1.00 bits per heavy atom. The highest BCUT2D eigenvalue weighted by Gasteiger charge is 2.67. The summed E-state index contributed by atoms with van der Waals surface area (Å²) in [4.78, 5) is 30.7. The molecular formula is C28H26ClN3O2. The number of benzene rings is 3. The van der Waals surface area contributed by atoms with E-state index in [0.717, 1.165) is 55.0 Å². The third kappa shape index (κ3) is 3.42. The van der Waals surface area contributed by atoms with E-state index in [9.17, 15) is 9.59 Å². The van der Waals surface area contributed by atoms with Crippen molar-refractivity contribution in [3.8, 4) is 0 Å². The first kappa shape index (κ1) is 21.4. The summed E-state index contributed by atoms with van der Waals surface area (Å²) >= 11 is 6.09. The zero-order chi connectivity index (χ0) is 23.3. The van der Waals surface area contributed by atoms with Crippen LogP contribution >= 0.6 is 11.6 Å². The number of anilines is 1. The largest absolute Gasteiger partial charge is 0.336 e. The first-order valence-electron chi connectivity index (χ1n) is 11.8. The smallest absolute Gasteiger partial charge is 0.253 e. The molecule has 2 aliphatic heterocycles. The molecule has 34 heavy (non-hydrogen) atoms. The maximum Gasteiger partial charge on any atom is 0.253 e. The van der Waals surface area contributed by atoms with Gasteiger partial charge in [-0.1, -0.05) is 54.1 Å². The molecule has 0 unspecified atom stereocenters. The average Bonchev–Trinajstić information content (AvgIpc) is 3.59. The van der Waals surface area contributed by atoms with Gasteiger partial charge in [0.1, 0.15) is 0 Å². The number of rotatable bonds is 4. The molecule has 6 heteroatoms. The monoisotopic (exact) mass is 471 g/mol. The van der Waals surface area contributed by atoms with Crippen LogP contribution in [-0.2, 0) is 16.8 Å². The van der Waals surface area contributed by atoms with Crippen LogP contribution in [0.2, 0.25) is 5.02 Å². The molecule has 1 aliphatic carbocycles. The fraction of sp³-hybridized carbons (Fsp3) is 0.286. The second-order valence-electron chi connectivity index (χ2n) is 9.43. The number of nitrogens with zero attached hydrogens (tertiary/aromatic N) is 2. The molecule has 1 N–H and O–H groups in total. The third-order valence-corrected chi connectivity index (χ3v) is 7.71. The molecule has 5 nitrogen and oxygen atoms in total. The first-order chi connectivity index (χ1) is 16.6. The number of halogens is 1. The Morgan fingerprint density at radius 3 is 2.56 bits per heavy atom. The fourth-order valence-electron chi connectivity index (χ4n) is 5.64. The van der Waals surface area contributed by atoms with Crippen molar-refractivity contribution in [2.75, 3.05) is 31.1 Å². The lowest BCUT2D eigenvalue weighted by Crippen LogP contribution is -2.46. The van der Waals surface area contributed by atoms with Gasteiger partial charge in [0.25, 0.3) is 5.91 Å². The highest BCUT2D eigenvalue weighted by atomic mass is 35.5. The van der Waals surface area contributed by atoms with Gasteiger partial charge in [-0.05, 0) is 53.4 Å². The van der Waals surface area contributed by atoms with Crippen LogP contribution in [0.25, 0.3) is 0 Å². The number of piperazine rings is 1. The quantitative estimate of drug-likeness (QED) is 0.615. The lowest BCUT2D eigenvalue weighted by Gasteiger charge is -2.27. The molecule has 172 valence electrons. The number of hydrogen-bond acceptors (Lipinski definition) is 3. The number of carbonyl (C=O) groups is 2. The third-order valence-electron chi connectivity index (χ3n) is 7.45. The molecule has 3 aliphatic rings. The number of carbonyl (C=O) groups excluding carboxylic acids is 2. The van der Waals surface area contributed by atoms with Gasteiger partial charge in [0, 0.05) is 48.4 Å². The molecule has 3 aromatic rings. The summed E-state index contributed by atoms with van der Waals surface area (Å²) in [6, 6.07) is 23.7. The normalized spacial score (nSPS) is 23.3. The van der Waals surface area contributed by atoms with E-state index in [1.54, 1.807) is 0 Å². The van der Waals surface area contributed by atoms with E-state index in [0.29, 0.717) is 17.1 Å². The molecule has 1 spiro atoms. The van der Waals surface area contributed by atoms with Crippen LogP contribution in [0.1, 0.15) is 39.4 Å². The van der Waals surface area contributed by atoms with Gasteiger partial charge in [-0.2, -0.15) is 0 Å². The van der Waals surface area contributed by atoms with Crippen molar-refractivity contribution in [2.24, 2.45) is 0 Å². The van der Waals surface area contributed by atoms with Gasteiger partial charge in [-0.15, -0.1) is 0 Å². The van der Waals surface area contributed by atoms with E-state index in [1.165, 1.54) is 0 Å². The molecule has 1 saturated heterocycles. The number of fused-ring (bicyclic) bond motifs is 2. The molecule has 0 aromatic heterocycles. The number of nitrogens with one attached hydrogen (secondary N) is 1. The van der Waals surface area contributed by atoms with Gasteiger partial charge in [0.15, 0.2) is 0 Å². The maximum absolute atomic E-state index is 13.9. The van der Waals surface area contributed by atoms with Crippen LogP contribution in [-0.4, -0.2) is 42.9 Å². The summed E-state index contributed by atoms with van der Waals surface area (Å²) < 4.78 is 0. The summed E-state index contributed by atoms with van der Waals surface area (Å²) in [6.45, 7) is 3.53. The van der Waals surface area contributed by atoms with Crippen molar-refractivity contribution >= 4 is 29.1 Å². The number of hydrogen-bond donors (Lipinski definition) is 1. The molecule has 6 rings (SSSR count). The Morgan fingerprint density at radius 2 is 1.76 bits per heavy atom. The molecule has 3 aromatic carbocycles. The first-order valence-corrected chi connectivity index (χ1v) is 12.2. The molecule has 2 atom stereocenters. The van der Waals surface area contributed by atoms with Crippen molar-refractivity contribution in [1.82, 2.24) is 10.2 Å². The summed E-state index contributed by atoms with van der Waals surface area (Å²) in [5.41, 5.74) is 4.37. The molecule has 0 radical (unpaired) electrons. The van der Waals surface area contributed by atoms with Gasteiger partial charge in [0.05, 0.1) is 12.0 Å². The average molecular weight is 472 g/mol. The van der Waals surface area contributed by atoms with Crippen LogP contribution in [0.4, 0.5) is 5.69 Å². The summed E-state index contributed by atoms with van der Waals surface area (Å²) in [6.07, 6.45) is 0.808. The second kappa shape index (κ2) is 8.26. The second-order valence-corrected chi connectivity index (χ2v) is 9.87. The van der Waals surface area contributed by atoms with Crippen molar-refractivity contribution < 1.29 is 9.59 Å². The molecular weight excluding hydrogens is 446 g/mol. The van der Waals surface area contributed by atoms with Crippen LogP contribution in [0.15, 0.2) is 72.8 Å². The van der Waals surface area contributed by atoms with E-state index in [-0.39, 0.29) is 17.7 Å². The van der Waals surface area contributed by atoms with E-state index in [2.05, 4.69) is 11.4 Å². The van der Waals surface area contributed by atoms with E-state index in [1.807, 2.05) is 76.5 Å². The summed E-state index contributed by atoms with van der Waals surface area (Å²) in [7, 11) is 0. The minimum Gasteiger partial charge on any atom is -0.336 e. The van der Waals surface area contributed by atoms with Crippen LogP contribution in [0.5, 0.6) is 0 Å². The standard InChI is InChI=1S/C28H26ClN3O2/c29-22-10-8-20(9-11-22)24-17-28(24)23-6-1-2-7-25(23)32(27(28)34)18-19-4-3-5-21(16-19)26(33)31-14-12-30-13-15-31/h1-11,16,24,30H,12-15,17-18H2/t24-,28-/m1/s1. The Bertz CT molecular complexity index is 1270. The van der Waals surface area contributed by atoms with Crippen molar-refractivity contribution in [1.29, 1.82) is 0 Å². The zero-order valence-corrected chi connectivity index (χ0v) is 19.6. The Hall–Kier alpha value is -3.15. The predicted octanol–water partition coefficient (Wildman–Crippen LogP) is 4.36. The molecule has 0 bridgehead atoms. The van der Waals surface area contributed by atoms with Crippen molar-refractivity contribution in [3.63, 3.8) is 0 Å². The Labute approximate surface area is 204 Å². The SMILES string of the molecule is O=C(c1cccc(CN2C(=O)[C@]3(C[C@@H]3c3ccc(Cl)cc3)c3ccccc32)c1)N1CCNCC1. The van der Waals surface area contributed by atoms with Crippen LogP contribution in [0, 0.1) is 0 Å². The molecule has 1 saturated carbocycles. The minimum absolute atomic E-state index is 0.0537. The Kier molecular flexibility index (Phi) is 5.19. The van der Waals surface area contributed by atoms with Gasteiger partial charge in [-0.3, -0.25) is 9.59 Å². The summed E-state index contributed by atoms with van der Waals surface area (Å²) in [5, 5.41) is 3.98. The minimum atomic E-state index is -0.501. The van der Waals surface area contributed by atoms with E-state index < -0.39 is 5.41 Å². The topological polar surface area (TPSA) is 52.7 Å². The van der Waals surface area contributed by atoms with Crippen molar-refractivity contribution in [2.45, 2.75) is 24.3 Å². The van der Waals surface area contributed by atoms with Crippen LogP contribution in [0.3, 0.4) is 0 Å².